The first-order chi connectivity index (χ1) is 8.88. The lowest BCUT2D eigenvalue weighted by Gasteiger charge is -2.19. The van der Waals surface area contributed by atoms with Gasteiger partial charge in [0.05, 0.1) is 5.75 Å². The highest BCUT2D eigenvalue weighted by atomic mass is 32.2. The number of nitrogens with zero attached hydrogens (tertiary/aromatic N) is 1. The highest BCUT2D eigenvalue weighted by molar-refractivity contribution is 7.88. The predicted molar refractivity (Wildman–Crippen MR) is 66.4 cm³/mol. The zero-order valence-electron chi connectivity index (χ0n) is 10.1. The van der Waals surface area contributed by atoms with Gasteiger partial charge in [-0.3, -0.25) is 4.79 Å². The third-order valence-corrected chi connectivity index (χ3v) is 4.70. The SMILES string of the molecule is O=C(O)CN(C1CC1)S(=O)(=O)Cc1ccc(F)cc1. The maximum absolute atomic E-state index is 12.8. The summed E-state index contributed by atoms with van der Waals surface area (Å²) in [5.74, 6) is -1.92. The molecule has 19 heavy (non-hydrogen) atoms. The van der Waals surface area contributed by atoms with Gasteiger partial charge in [0.1, 0.15) is 12.4 Å². The van der Waals surface area contributed by atoms with E-state index in [2.05, 4.69) is 0 Å². The molecule has 1 aliphatic rings. The van der Waals surface area contributed by atoms with Crippen LogP contribution in [0.3, 0.4) is 0 Å². The van der Waals surface area contributed by atoms with E-state index in [1.54, 1.807) is 0 Å². The van der Waals surface area contributed by atoms with Gasteiger partial charge in [-0.1, -0.05) is 12.1 Å². The molecule has 0 atom stereocenters. The molecule has 104 valence electrons. The molecule has 0 radical (unpaired) electrons. The van der Waals surface area contributed by atoms with Crippen LogP contribution in [0.2, 0.25) is 0 Å². The Bertz CT molecular complexity index is 566. The Morgan fingerprint density at radius 2 is 1.89 bits per heavy atom. The van der Waals surface area contributed by atoms with E-state index in [-0.39, 0.29) is 11.8 Å². The van der Waals surface area contributed by atoms with Crippen molar-refractivity contribution in [2.45, 2.75) is 24.6 Å². The van der Waals surface area contributed by atoms with Crippen molar-refractivity contribution in [1.82, 2.24) is 4.31 Å². The maximum atomic E-state index is 12.8. The van der Waals surface area contributed by atoms with E-state index < -0.39 is 28.4 Å². The second kappa shape index (κ2) is 5.26. The molecule has 1 aliphatic carbocycles. The summed E-state index contributed by atoms with van der Waals surface area (Å²) in [6.07, 6.45) is 1.38. The van der Waals surface area contributed by atoms with Crippen molar-refractivity contribution in [3.05, 3.63) is 35.6 Å². The Balaban J connectivity index is 2.15. The Hall–Kier alpha value is -1.47. The lowest BCUT2D eigenvalue weighted by atomic mass is 10.2. The molecule has 0 amide bonds. The number of hydrogen-bond acceptors (Lipinski definition) is 3. The van der Waals surface area contributed by atoms with Gasteiger partial charge in [-0.25, -0.2) is 12.8 Å². The number of rotatable bonds is 6. The number of sulfonamides is 1. The first-order valence-electron chi connectivity index (χ1n) is 5.84. The van der Waals surface area contributed by atoms with Crippen molar-refractivity contribution in [3.8, 4) is 0 Å². The van der Waals surface area contributed by atoms with Crippen molar-refractivity contribution in [2.75, 3.05) is 6.54 Å². The van der Waals surface area contributed by atoms with Crippen LogP contribution < -0.4 is 0 Å². The van der Waals surface area contributed by atoms with Gasteiger partial charge >= 0.3 is 5.97 Å². The Morgan fingerprint density at radius 1 is 1.32 bits per heavy atom. The molecule has 0 unspecified atom stereocenters. The summed E-state index contributed by atoms with van der Waals surface area (Å²) in [6, 6.07) is 4.94. The fourth-order valence-corrected chi connectivity index (χ4v) is 3.58. The van der Waals surface area contributed by atoms with E-state index in [0.29, 0.717) is 18.4 Å². The first kappa shape index (κ1) is 14.0. The van der Waals surface area contributed by atoms with Crippen LogP contribution in [0.25, 0.3) is 0 Å². The summed E-state index contributed by atoms with van der Waals surface area (Å²) in [5, 5.41) is 8.77. The molecule has 0 aromatic heterocycles. The average molecular weight is 287 g/mol. The fraction of sp³-hybridized carbons (Fsp3) is 0.417. The predicted octanol–water partition coefficient (Wildman–Crippen LogP) is 1.20. The van der Waals surface area contributed by atoms with E-state index in [9.17, 15) is 17.6 Å². The third kappa shape index (κ3) is 3.74. The lowest BCUT2D eigenvalue weighted by Crippen LogP contribution is -2.38. The largest absolute Gasteiger partial charge is 0.480 e. The molecular formula is C12H14FNO4S. The van der Waals surface area contributed by atoms with Crippen LogP contribution in [0.15, 0.2) is 24.3 Å². The van der Waals surface area contributed by atoms with Gasteiger partial charge in [0.2, 0.25) is 10.0 Å². The molecule has 7 heteroatoms. The van der Waals surface area contributed by atoms with Crippen molar-refractivity contribution >= 4 is 16.0 Å². The molecule has 0 aliphatic heterocycles. The van der Waals surface area contributed by atoms with Crippen molar-refractivity contribution in [2.24, 2.45) is 0 Å². The Labute approximate surface area is 110 Å². The van der Waals surface area contributed by atoms with Crippen molar-refractivity contribution in [1.29, 1.82) is 0 Å². The molecule has 1 aromatic rings. The van der Waals surface area contributed by atoms with Gasteiger partial charge in [0, 0.05) is 6.04 Å². The third-order valence-electron chi connectivity index (χ3n) is 2.86. The average Bonchev–Trinajstić information content (AvgIpc) is 3.12. The smallest absolute Gasteiger partial charge is 0.318 e. The summed E-state index contributed by atoms with van der Waals surface area (Å²) < 4.78 is 38.1. The molecule has 0 bridgehead atoms. The molecule has 0 spiro atoms. The van der Waals surface area contributed by atoms with E-state index in [1.165, 1.54) is 24.3 Å². The molecule has 5 nitrogen and oxygen atoms in total. The number of aliphatic carboxylic acids is 1. The number of halogens is 1. The molecule has 2 rings (SSSR count). The summed E-state index contributed by atoms with van der Waals surface area (Å²) in [5.41, 5.74) is 0.442. The minimum atomic E-state index is -3.69. The zero-order valence-corrected chi connectivity index (χ0v) is 10.9. The highest BCUT2D eigenvalue weighted by Gasteiger charge is 2.38. The molecule has 1 saturated carbocycles. The second-order valence-corrected chi connectivity index (χ2v) is 6.47. The zero-order chi connectivity index (χ0) is 14.0. The van der Waals surface area contributed by atoms with Crippen LogP contribution in [0.5, 0.6) is 0 Å². The van der Waals surface area contributed by atoms with Crippen LogP contribution in [-0.2, 0) is 20.6 Å². The van der Waals surface area contributed by atoms with Crippen LogP contribution >= 0.6 is 0 Å². The lowest BCUT2D eigenvalue weighted by molar-refractivity contribution is -0.137. The first-order valence-corrected chi connectivity index (χ1v) is 7.45. The van der Waals surface area contributed by atoms with Gasteiger partial charge < -0.3 is 5.11 Å². The second-order valence-electron chi connectivity index (χ2n) is 4.55. The summed E-state index contributed by atoms with van der Waals surface area (Å²) >= 11 is 0. The van der Waals surface area contributed by atoms with E-state index in [1.807, 2.05) is 0 Å². The molecule has 1 aromatic carbocycles. The summed E-state index contributed by atoms with van der Waals surface area (Å²) in [7, 11) is -3.69. The fourth-order valence-electron chi connectivity index (χ4n) is 1.82. The molecule has 1 N–H and O–H groups in total. The number of carbonyl (C=O) groups is 1. The highest BCUT2D eigenvalue weighted by Crippen LogP contribution is 2.30. The summed E-state index contributed by atoms with van der Waals surface area (Å²) in [6.45, 7) is -0.520. The van der Waals surface area contributed by atoms with E-state index in [0.717, 1.165) is 4.31 Å². The molecule has 0 heterocycles. The minimum Gasteiger partial charge on any atom is -0.480 e. The van der Waals surface area contributed by atoms with Gasteiger partial charge in [0.25, 0.3) is 0 Å². The normalized spacial score (nSPS) is 15.7. The Morgan fingerprint density at radius 3 is 2.37 bits per heavy atom. The van der Waals surface area contributed by atoms with Gasteiger partial charge in [-0.2, -0.15) is 4.31 Å². The van der Waals surface area contributed by atoms with E-state index >= 15 is 0 Å². The van der Waals surface area contributed by atoms with Crippen LogP contribution in [-0.4, -0.2) is 36.4 Å². The number of hydrogen-bond donors (Lipinski definition) is 1. The monoisotopic (exact) mass is 287 g/mol. The van der Waals surface area contributed by atoms with Crippen LogP contribution in [0.1, 0.15) is 18.4 Å². The Kier molecular flexibility index (Phi) is 3.86. The van der Waals surface area contributed by atoms with E-state index in [4.69, 9.17) is 5.11 Å². The minimum absolute atomic E-state index is 0.207. The molecular weight excluding hydrogens is 273 g/mol. The molecule has 0 saturated heterocycles. The summed E-state index contributed by atoms with van der Waals surface area (Å²) in [4.78, 5) is 10.7. The van der Waals surface area contributed by atoms with Gasteiger partial charge in [-0.05, 0) is 30.5 Å². The number of carboxylic acids is 1. The van der Waals surface area contributed by atoms with Gasteiger partial charge in [-0.15, -0.1) is 0 Å². The maximum Gasteiger partial charge on any atom is 0.318 e. The van der Waals surface area contributed by atoms with Crippen molar-refractivity contribution in [3.63, 3.8) is 0 Å². The quantitative estimate of drug-likeness (QED) is 0.853. The van der Waals surface area contributed by atoms with Crippen LogP contribution in [0, 0.1) is 5.82 Å². The standard InChI is InChI=1S/C12H14FNO4S/c13-10-3-1-9(2-4-10)8-19(17,18)14(7-12(15)16)11-5-6-11/h1-4,11H,5-8H2,(H,15,16). The number of benzene rings is 1. The molecule has 1 fully saturated rings. The van der Waals surface area contributed by atoms with Crippen LogP contribution in [0.4, 0.5) is 4.39 Å². The van der Waals surface area contributed by atoms with Crippen molar-refractivity contribution < 1.29 is 22.7 Å². The van der Waals surface area contributed by atoms with Gasteiger partial charge in [0.15, 0.2) is 0 Å². The topological polar surface area (TPSA) is 74.7 Å². The number of carboxylic acid groups (broad SMARTS) is 1.